The quantitative estimate of drug-likeness (QED) is 0.655. The van der Waals surface area contributed by atoms with Crippen molar-refractivity contribution in [2.45, 2.75) is 36.5 Å². The highest BCUT2D eigenvalue weighted by atomic mass is 32.2. The van der Waals surface area contributed by atoms with Crippen LogP contribution < -0.4 is 0 Å². The largest absolute Gasteiger partial charge is 0.342 e. The minimum atomic E-state index is -3.56. The molecular formula is C23H27N5O3S. The molecule has 5 rings (SSSR count). The molecule has 4 heterocycles. The molecule has 3 aromatic rings. The number of imidazole rings is 1. The Balaban J connectivity index is 1.22. The molecule has 1 atom stereocenters. The number of aromatic amines is 1. The second-order valence-electron chi connectivity index (χ2n) is 8.63. The van der Waals surface area contributed by atoms with Gasteiger partial charge in [-0.05, 0) is 49.9 Å². The fraction of sp³-hybridized carbons (Fsp3) is 0.435. The summed E-state index contributed by atoms with van der Waals surface area (Å²) in [5.74, 6) is 1.15. The maximum absolute atomic E-state index is 13.2. The van der Waals surface area contributed by atoms with Crippen LogP contribution in [0.1, 0.15) is 37.4 Å². The van der Waals surface area contributed by atoms with Gasteiger partial charge in [0.2, 0.25) is 15.9 Å². The zero-order chi connectivity index (χ0) is 22.1. The zero-order valence-electron chi connectivity index (χ0n) is 17.9. The van der Waals surface area contributed by atoms with Gasteiger partial charge in [-0.15, -0.1) is 0 Å². The average Bonchev–Trinajstić information content (AvgIpc) is 3.29. The molecule has 0 bridgehead atoms. The van der Waals surface area contributed by atoms with Crippen molar-refractivity contribution in [2.75, 3.05) is 26.2 Å². The van der Waals surface area contributed by atoms with Crippen molar-refractivity contribution in [3.05, 3.63) is 54.6 Å². The minimum absolute atomic E-state index is 0.134. The molecule has 1 N–H and O–H groups in total. The van der Waals surface area contributed by atoms with Gasteiger partial charge in [0, 0.05) is 50.4 Å². The number of aromatic nitrogens is 3. The van der Waals surface area contributed by atoms with Crippen LogP contribution in [0.5, 0.6) is 0 Å². The third-order valence-electron chi connectivity index (χ3n) is 6.60. The lowest BCUT2D eigenvalue weighted by atomic mass is 9.92. The third-order valence-corrected chi connectivity index (χ3v) is 8.48. The van der Waals surface area contributed by atoms with Crippen molar-refractivity contribution in [3.63, 3.8) is 0 Å². The number of likely N-dealkylation sites (tertiary alicyclic amines) is 1. The Labute approximate surface area is 187 Å². The van der Waals surface area contributed by atoms with E-state index in [-0.39, 0.29) is 22.6 Å². The van der Waals surface area contributed by atoms with Gasteiger partial charge in [0.15, 0.2) is 0 Å². The molecule has 0 saturated carbocycles. The number of piperidine rings is 2. The van der Waals surface area contributed by atoms with Gasteiger partial charge in [0.05, 0.1) is 11.0 Å². The lowest BCUT2D eigenvalue weighted by Crippen LogP contribution is -2.47. The van der Waals surface area contributed by atoms with E-state index in [0.717, 1.165) is 36.2 Å². The second-order valence-corrected chi connectivity index (χ2v) is 10.6. The molecule has 8 nitrogen and oxygen atoms in total. The second kappa shape index (κ2) is 8.63. The monoisotopic (exact) mass is 453 g/mol. The number of H-pyrrole nitrogens is 1. The minimum Gasteiger partial charge on any atom is -0.342 e. The van der Waals surface area contributed by atoms with Crippen LogP contribution >= 0.6 is 0 Å². The van der Waals surface area contributed by atoms with Crippen LogP contribution in [0.4, 0.5) is 0 Å². The van der Waals surface area contributed by atoms with Crippen LogP contribution in [0.3, 0.4) is 0 Å². The number of benzene rings is 1. The Hall–Kier alpha value is -2.78. The number of carbonyl (C=O) groups excluding carboxylic acids is 1. The number of para-hydroxylation sites is 2. The smallest absolute Gasteiger partial charge is 0.244 e. The Morgan fingerprint density at radius 3 is 2.59 bits per heavy atom. The fourth-order valence-corrected chi connectivity index (χ4v) is 6.25. The molecule has 0 radical (unpaired) electrons. The van der Waals surface area contributed by atoms with Crippen molar-refractivity contribution < 1.29 is 13.2 Å². The highest BCUT2D eigenvalue weighted by Crippen LogP contribution is 2.30. The van der Waals surface area contributed by atoms with E-state index in [1.165, 1.54) is 10.5 Å². The number of rotatable bonds is 4. The molecule has 0 spiro atoms. The molecule has 1 aromatic carbocycles. The number of hydrogen-bond acceptors (Lipinski definition) is 5. The van der Waals surface area contributed by atoms with Gasteiger partial charge < -0.3 is 9.88 Å². The molecule has 2 fully saturated rings. The van der Waals surface area contributed by atoms with Crippen molar-refractivity contribution in [1.29, 1.82) is 0 Å². The topological polar surface area (TPSA) is 99.3 Å². The molecule has 2 aliphatic heterocycles. The van der Waals surface area contributed by atoms with E-state index in [4.69, 9.17) is 4.98 Å². The molecule has 168 valence electrons. The van der Waals surface area contributed by atoms with Gasteiger partial charge in [-0.2, -0.15) is 4.31 Å². The summed E-state index contributed by atoms with van der Waals surface area (Å²) in [5, 5.41) is 0. The Bertz CT molecular complexity index is 1170. The first-order valence-corrected chi connectivity index (χ1v) is 12.6. The van der Waals surface area contributed by atoms with Gasteiger partial charge in [-0.1, -0.05) is 12.1 Å². The summed E-state index contributed by atoms with van der Waals surface area (Å²) in [4.78, 5) is 27.5. The first-order chi connectivity index (χ1) is 15.5. The van der Waals surface area contributed by atoms with Crippen LogP contribution in [0.25, 0.3) is 11.0 Å². The molecule has 2 aliphatic rings. The van der Waals surface area contributed by atoms with E-state index >= 15 is 0 Å². The summed E-state index contributed by atoms with van der Waals surface area (Å²) < 4.78 is 27.1. The predicted molar refractivity (Wildman–Crippen MR) is 120 cm³/mol. The van der Waals surface area contributed by atoms with Crippen LogP contribution in [0, 0.1) is 5.92 Å². The molecule has 9 heteroatoms. The predicted octanol–water partition coefficient (Wildman–Crippen LogP) is 2.76. The van der Waals surface area contributed by atoms with E-state index < -0.39 is 10.0 Å². The highest BCUT2D eigenvalue weighted by molar-refractivity contribution is 7.89. The molecule has 1 amide bonds. The number of nitrogens with one attached hydrogen (secondary N) is 1. The van der Waals surface area contributed by atoms with Crippen molar-refractivity contribution >= 4 is 27.0 Å². The normalized spacial score (nSPS) is 21.1. The number of carbonyl (C=O) groups is 1. The van der Waals surface area contributed by atoms with Crippen LogP contribution in [-0.4, -0.2) is 64.7 Å². The maximum atomic E-state index is 13.2. The standard InChI is InChI=1S/C23H27N5O3S/c29-23(17-9-13-28(14-10-17)32(30,31)19-6-3-11-24-15-19)27-12-4-5-18(16-27)22-25-20-7-1-2-8-21(20)26-22/h1-3,6-8,11,15,17-18H,4-5,9-10,12-14,16H2,(H,25,26). The number of hydrogen-bond donors (Lipinski definition) is 1. The number of pyridine rings is 1. The lowest BCUT2D eigenvalue weighted by Gasteiger charge is -2.37. The van der Waals surface area contributed by atoms with Crippen molar-refractivity contribution in [2.24, 2.45) is 5.92 Å². The van der Waals surface area contributed by atoms with Gasteiger partial charge >= 0.3 is 0 Å². The molecule has 2 aromatic heterocycles. The Morgan fingerprint density at radius 2 is 1.84 bits per heavy atom. The zero-order valence-corrected chi connectivity index (χ0v) is 18.7. The van der Waals surface area contributed by atoms with E-state index in [0.29, 0.717) is 32.5 Å². The summed E-state index contributed by atoms with van der Waals surface area (Å²) in [6.07, 6.45) is 5.97. The Morgan fingerprint density at radius 1 is 1.03 bits per heavy atom. The molecular weight excluding hydrogens is 426 g/mol. The molecule has 32 heavy (non-hydrogen) atoms. The van der Waals surface area contributed by atoms with E-state index in [1.807, 2.05) is 29.2 Å². The number of fused-ring (bicyclic) bond motifs is 1. The van der Waals surface area contributed by atoms with E-state index in [1.54, 1.807) is 18.3 Å². The Kier molecular flexibility index (Phi) is 5.69. The summed E-state index contributed by atoms with van der Waals surface area (Å²) in [6, 6.07) is 11.2. The van der Waals surface area contributed by atoms with Crippen LogP contribution in [-0.2, 0) is 14.8 Å². The van der Waals surface area contributed by atoms with E-state index in [9.17, 15) is 13.2 Å². The van der Waals surface area contributed by atoms with Gasteiger partial charge in [0.1, 0.15) is 10.7 Å². The SMILES string of the molecule is O=C(C1CCN(S(=O)(=O)c2cccnc2)CC1)N1CCCC(c2nc3ccccc3[nH]2)C1. The number of sulfonamides is 1. The summed E-state index contributed by atoms with van der Waals surface area (Å²) >= 11 is 0. The van der Waals surface area contributed by atoms with E-state index in [2.05, 4.69) is 9.97 Å². The number of amides is 1. The number of nitrogens with zero attached hydrogens (tertiary/aromatic N) is 4. The molecule has 0 aliphatic carbocycles. The van der Waals surface area contributed by atoms with Crippen LogP contribution in [0.2, 0.25) is 0 Å². The van der Waals surface area contributed by atoms with Gasteiger partial charge in [0.25, 0.3) is 0 Å². The fourth-order valence-electron chi connectivity index (χ4n) is 4.82. The maximum Gasteiger partial charge on any atom is 0.244 e. The molecule has 1 unspecified atom stereocenters. The van der Waals surface area contributed by atoms with Crippen LogP contribution in [0.15, 0.2) is 53.7 Å². The van der Waals surface area contributed by atoms with Gasteiger partial charge in [-0.25, -0.2) is 13.4 Å². The summed E-state index contributed by atoms with van der Waals surface area (Å²) in [6.45, 7) is 2.12. The average molecular weight is 454 g/mol. The lowest BCUT2D eigenvalue weighted by molar-refractivity contribution is -0.138. The first kappa shape index (κ1) is 21.1. The van der Waals surface area contributed by atoms with Crippen molar-refractivity contribution in [3.8, 4) is 0 Å². The third kappa shape index (κ3) is 4.02. The van der Waals surface area contributed by atoms with Crippen molar-refractivity contribution in [1.82, 2.24) is 24.2 Å². The molecule has 2 saturated heterocycles. The summed E-state index contributed by atoms with van der Waals surface area (Å²) in [7, 11) is -3.56. The summed E-state index contributed by atoms with van der Waals surface area (Å²) in [5.41, 5.74) is 1.97. The van der Waals surface area contributed by atoms with Gasteiger partial charge in [-0.3, -0.25) is 9.78 Å². The highest BCUT2D eigenvalue weighted by Gasteiger charge is 2.35. The first-order valence-electron chi connectivity index (χ1n) is 11.2.